The minimum absolute atomic E-state index is 0.325. The van der Waals surface area contributed by atoms with E-state index in [-0.39, 0.29) is 6.54 Å². The molecular formula is C23H28N4O5. The molecule has 2 aromatic carbocycles. The highest BCUT2D eigenvalue weighted by atomic mass is 16.5. The monoisotopic (exact) mass is 440 g/mol. The number of amides is 4. The molecular weight excluding hydrogens is 412 g/mol. The molecule has 0 bridgehead atoms. The van der Waals surface area contributed by atoms with E-state index in [0.29, 0.717) is 16.4 Å². The molecule has 1 heterocycles. The van der Waals surface area contributed by atoms with Gasteiger partial charge < -0.3 is 15.0 Å². The zero-order valence-electron chi connectivity index (χ0n) is 18.8. The van der Waals surface area contributed by atoms with Crippen LogP contribution < -0.4 is 10.2 Å². The molecule has 0 radical (unpaired) electrons. The van der Waals surface area contributed by atoms with E-state index in [1.807, 2.05) is 38.1 Å². The van der Waals surface area contributed by atoms with Gasteiger partial charge >= 0.3 is 18.0 Å². The molecule has 0 aliphatic carbocycles. The summed E-state index contributed by atoms with van der Waals surface area (Å²) in [5, 5.41) is 14.1. The molecule has 9 heteroatoms. The summed E-state index contributed by atoms with van der Waals surface area (Å²) in [6.45, 7) is 6.86. The first-order valence-electron chi connectivity index (χ1n) is 10.2. The van der Waals surface area contributed by atoms with Gasteiger partial charge in [-0.1, -0.05) is 35.4 Å². The lowest BCUT2D eigenvalue weighted by molar-refractivity contribution is -0.143. The van der Waals surface area contributed by atoms with Crippen LogP contribution in [0, 0.1) is 13.8 Å². The van der Waals surface area contributed by atoms with Crippen LogP contribution in [0.2, 0.25) is 0 Å². The van der Waals surface area contributed by atoms with Gasteiger partial charge in [0.2, 0.25) is 0 Å². The van der Waals surface area contributed by atoms with E-state index in [2.05, 4.69) is 5.32 Å². The maximum Gasteiger partial charge on any atom is 0.347 e. The van der Waals surface area contributed by atoms with Crippen LogP contribution in [0.25, 0.3) is 0 Å². The number of nitrogens with one attached hydrogen (secondary N) is 1. The van der Waals surface area contributed by atoms with Crippen molar-refractivity contribution in [2.45, 2.75) is 39.4 Å². The lowest BCUT2D eigenvalue weighted by Crippen LogP contribution is -2.58. The van der Waals surface area contributed by atoms with E-state index in [4.69, 9.17) is 4.74 Å². The second kappa shape index (κ2) is 8.88. The van der Waals surface area contributed by atoms with Crippen molar-refractivity contribution in [2.75, 3.05) is 23.9 Å². The van der Waals surface area contributed by atoms with Gasteiger partial charge in [-0.3, -0.25) is 14.9 Å². The predicted molar refractivity (Wildman–Crippen MR) is 119 cm³/mol. The van der Waals surface area contributed by atoms with Crippen LogP contribution in [-0.2, 0) is 9.53 Å². The highest BCUT2D eigenvalue weighted by molar-refractivity contribution is 5.99. The fourth-order valence-electron chi connectivity index (χ4n) is 3.70. The maximum absolute atomic E-state index is 13.4. The fourth-order valence-corrected chi connectivity index (χ4v) is 3.70. The number of hydrogen-bond acceptors (Lipinski definition) is 5. The Morgan fingerprint density at radius 1 is 1.06 bits per heavy atom. The highest BCUT2D eigenvalue weighted by Gasteiger charge is 2.56. The summed E-state index contributed by atoms with van der Waals surface area (Å²) in [4.78, 5) is 40.8. The average Bonchev–Trinajstić information content (AvgIpc) is 2.95. The molecule has 32 heavy (non-hydrogen) atoms. The number of hydroxylamine groups is 2. The third kappa shape index (κ3) is 4.38. The Bertz CT molecular complexity index is 1000. The van der Waals surface area contributed by atoms with Crippen molar-refractivity contribution < 1.29 is 24.3 Å². The lowest BCUT2D eigenvalue weighted by atomic mass is 9.99. The summed E-state index contributed by atoms with van der Waals surface area (Å²) in [7, 11) is 1.23. The molecule has 1 saturated heterocycles. The molecule has 0 spiro atoms. The molecule has 0 saturated carbocycles. The Hall–Kier alpha value is -3.59. The largest absolute Gasteiger partial charge is 0.468 e. The topological polar surface area (TPSA) is 102 Å². The van der Waals surface area contributed by atoms with E-state index in [0.717, 1.165) is 11.1 Å². The number of anilines is 2. The molecule has 0 unspecified atom stereocenters. The van der Waals surface area contributed by atoms with Crippen LogP contribution in [-0.4, -0.2) is 58.6 Å². The zero-order chi connectivity index (χ0) is 23.6. The molecule has 1 atom stereocenters. The first-order valence-corrected chi connectivity index (χ1v) is 10.2. The number of hydrogen-bond donors (Lipinski definition) is 2. The Balaban J connectivity index is 1.98. The first-order chi connectivity index (χ1) is 15.1. The van der Waals surface area contributed by atoms with Gasteiger partial charge in [-0.05, 0) is 52.0 Å². The van der Waals surface area contributed by atoms with E-state index in [1.165, 1.54) is 16.9 Å². The van der Waals surface area contributed by atoms with Crippen LogP contribution in [0.3, 0.4) is 0 Å². The van der Waals surface area contributed by atoms with Gasteiger partial charge in [0.1, 0.15) is 6.54 Å². The Morgan fingerprint density at radius 3 is 2.12 bits per heavy atom. The number of nitrogens with zero attached hydrogens (tertiary/aromatic N) is 3. The van der Waals surface area contributed by atoms with Crippen LogP contribution >= 0.6 is 0 Å². The molecule has 1 aliphatic rings. The lowest BCUT2D eigenvalue weighted by Gasteiger charge is -2.38. The summed E-state index contributed by atoms with van der Waals surface area (Å²) >= 11 is 0. The normalized spacial score (nSPS) is 17.3. The molecule has 3 rings (SSSR count). The van der Waals surface area contributed by atoms with Crippen molar-refractivity contribution in [3.63, 3.8) is 0 Å². The van der Waals surface area contributed by atoms with Gasteiger partial charge in [-0.2, -0.15) is 5.06 Å². The van der Waals surface area contributed by atoms with Crippen molar-refractivity contribution in [1.82, 2.24) is 9.96 Å². The van der Waals surface area contributed by atoms with E-state index in [9.17, 15) is 19.6 Å². The molecule has 170 valence electrons. The minimum atomic E-state index is -1.13. The number of carbonyl (C=O) groups is 3. The molecule has 9 nitrogen and oxygen atoms in total. The van der Waals surface area contributed by atoms with Crippen LogP contribution in [0.1, 0.15) is 25.0 Å². The van der Waals surface area contributed by atoms with Crippen LogP contribution in [0.15, 0.2) is 48.5 Å². The van der Waals surface area contributed by atoms with Gasteiger partial charge in [-0.15, -0.1) is 0 Å². The van der Waals surface area contributed by atoms with Gasteiger partial charge in [0.05, 0.1) is 12.6 Å². The summed E-state index contributed by atoms with van der Waals surface area (Å²) in [6.07, 6.45) is -1.12. The van der Waals surface area contributed by atoms with Gasteiger partial charge in [0, 0.05) is 11.4 Å². The number of methoxy groups -OCH3 is 1. The number of ether oxygens (including phenoxy) is 1. The molecule has 1 fully saturated rings. The second-order valence-corrected chi connectivity index (χ2v) is 8.32. The number of urea groups is 2. The second-order valence-electron chi connectivity index (χ2n) is 8.32. The van der Waals surface area contributed by atoms with Crippen molar-refractivity contribution >= 4 is 29.4 Å². The third-order valence-electron chi connectivity index (χ3n) is 5.58. The molecule has 2 aromatic rings. The predicted octanol–water partition coefficient (Wildman–Crippen LogP) is 3.75. The van der Waals surface area contributed by atoms with Crippen molar-refractivity contribution in [3.05, 3.63) is 59.7 Å². The SMILES string of the molecule is COC(=O)CN1C(=O)N(c2ccc(C)cc2)[C@H](N(O)C(=O)Nc2ccc(C)cc2)C1(C)C. The van der Waals surface area contributed by atoms with Gasteiger partial charge in [-0.25, -0.2) is 9.59 Å². The summed E-state index contributed by atoms with van der Waals surface area (Å²) in [6, 6.07) is 12.9. The van der Waals surface area contributed by atoms with Crippen LogP contribution in [0.5, 0.6) is 0 Å². The smallest absolute Gasteiger partial charge is 0.347 e. The van der Waals surface area contributed by atoms with Crippen molar-refractivity contribution in [3.8, 4) is 0 Å². The Kier molecular flexibility index (Phi) is 6.40. The van der Waals surface area contributed by atoms with Crippen molar-refractivity contribution in [2.24, 2.45) is 0 Å². The Labute approximate surface area is 187 Å². The molecule has 0 aromatic heterocycles. The first kappa shape index (κ1) is 23.1. The number of aryl methyl sites for hydroxylation is 2. The summed E-state index contributed by atoms with van der Waals surface area (Å²) in [5.41, 5.74) is 1.86. The van der Waals surface area contributed by atoms with E-state index >= 15 is 0 Å². The molecule has 2 N–H and O–H groups in total. The molecule has 1 aliphatic heterocycles. The minimum Gasteiger partial charge on any atom is -0.468 e. The fraction of sp³-hybridized carbons (Fsp3) is 0.348. The summed E-state index contributed by atoms with van der Waals surface area (Å²) in [5.74, 6) is -0.607. The van der Waals surface area contributed by atoms with Gasteiger partial charge in [0.25, 0.3) is 0 Å². The number of carbonyl (C=O) groups excluding carboxylic acids is 3. The van der Waals surface area contributed by atoms with Crippen molar-refractivity contribution in [1.29, 1.82) is 0 Å². The number of esters is 1. The number of benzene rings is 2. The zero-order valence-corrected chi connectivity index (χ0v) is 18.8. The Morgan fingerprint density at radius 2 is 1.59 bits per heavy atom. The van der Waals surface area contributed by atoms with Crippen LogP contribution in [0.4, 0.5) is 21.0 Å². The molecule has 4 amide bonds. The van der Waals surface area contributed by atoms with E-state index < -0.39 is 29.7 Å². The van der Waals surface area contributed by atoms with E-state index in [1.54, 1.807) is 38.1 Å². The maximum atomic E-state index is 13.4. The third-order valence-corrected chi connectivity index (χ3v) is 5.58. The quantitative estimate of drug-likeness (QED) is 0.419. The highest BCUT2D eigenvalue weighted by Crippen LogP contribution is 2.38. The standard InChI is InChI=1S/C23H28N4O5/c1-15-6-10-17(11-7-15)24-21(29)27(31)20-23(3,4)25(14-19(28)32-5)22(30)26(20)18-12-8-16(2)9-13-18/h6-13,20,31H,14H2,1-5H3,(H,24,29)/t20-/m1/s1. The average molecular weight is 441 g/mol. The summed E-state index contributed by atoms with van der Waals surface area (Å²) < 4.78 is 4.74. The van der Waals surface area contributed by atoms with Gasteiger partial charge in [0.15, 0.2) is 6.17 Å². The number of rotatable bonds is 5.